The van der Waals surface area contributed by atoms with E-state index in [1.54, 1.807) is 7.11 Å². The van der Waals surface area contributed by atoms with Gasteiger partial charge in [0.05, 0.1) is 13.0 Å². The molecule has 1 aromatic carbocycles. The molecule has 3 rings (SSSR count). The average Bonchev–Trinajstić information content (AvgIpc) is 2.82. The quantitative estimate of drug-likeness (QED) is 0.649. The fourth-order valence-corrected chi connectivity index (χ4v) is 4.49. The Hall–Kier alpha value is -2.12. The standard InChI is InChI=1S/C24H36N2O5/c1-30-17-12-23(28)25-14-10-22(11-15-25)31-21-8-6-20(7-9-21)24(29)26-13-2-4-19(18-26)5-3-16-27/h6-9,19,22,27H,2-5,10-18H2,1H3/t19-/m1/s1. The molecule has 1 N–H and O–H groups in total. The van der Waals surface area contributed by atoms with Crippen molar-refractivity contribution in [1.29, 1.82) is 0 Å². The number of rotatable bonds is 9. The van der Waals surface area contributed by atoms with E-state index in [-0.39, 0.29) is 24.5 Å². The van der Waals surface area contributed by atoms with E-state index in [4.69, 9.17) is 14.6 Å². The highest BCUT2D eigenvalue weighted by molar-refractivity contribution is 5.94. The minimum absolute atomic E-state index is 0.0723. The van der Waals surface area contributed by atoms with Crippen LogP contribution in [-0.4, -0.2) is 79.3 Å². The van der Waals surface area contributed by atoms with Crippen molar-refractivity contribution in [2.24, 2.45) is 5.92 Å². The topological polar surface area (TPSA) is 79.3 Å². The molecule has 2 amide bonds. The second-order valence-corrected chi connectivity index (χ2v) is 8.59. The molecule has 7 heteroatoms. The van der Waals surface area contributed by atoms with E-state index in [0.717, 1.165) is 57.4 Å². The van der Waals surface area contributed by atoms with Crippen LogP contribution in [0, 0.1) is 5.92 Å². The Morgan fingerprint density at radius 3 is 2.48 bits per heavy atom. The predicted octanol–water partition coefficient (Wildman–Crippen LogP) is 2.72. The minimum atomic E-state index is 0.0723. The molecule has 2 aliphatic heterocycles. The summed E-state index contributed by atoms with van der Waals surface area (Å²) in [5, 5.41) is 9.05. The Bertz CT molecular complexity index is 700. The van der Waals surface area contributed by atoms with E-state index in [1.807, 2.05) is 34.1 Å². The normalized spacial score (nSPS) is 20.0. The maximum atomic E-state index is 12.9. The number of carbonyl (C=O) groups is 2. The van der Waals surface area contributed by atoms with Gasteiger partial charge in [-0.3, -0.25) is 9.59 Å². The van der Waals surface area contributed by atoms with Crippen LogP contribution in [0.5, 0.6) is 5.75 Å². The number of piperidine rings is 2. The fraction of sp³-hybridized carbons (Fsp3) is 0.667. The van der Waals surface area contributed by atoms with Gasteiger partial charge in [-0.2, -0.15) is 0 Å². The van der Waals surface area contributed by atoms with Gasteiger partial charge in [0.2, 0.25) is 5.91 Å². The molecular formula is C24H36N2O5. The lowest BCUT2D eigenvalue weighted by molar-refractivity contribution is -0.133. The fourth-order valence-electron chi connectivity index (χ4n) is 4.49. The molecule has 172 valence electrons. The summed E-state index contributed by atoms with van der Waals surface area (Å²) in [5.41, 5.74) is 0.689. The Morgan fingerprint density at radius 1 is 1.06 bits per heavy atom. The number of aliphatic hydroxyl groups is 1. The number of ether oxygens (including phenoxy) is 2. The van der Waals surface area contributed by atoms with Crippen molar-refractivity contribution in [2.75, 3.05) is 46.5 Å². The Kier molecular flexibility index (Phi) is 9.15. The summed E-state index contributed by atoms with van der Waals surface area (Å²) >= 11 is 0. The lowest BCUT2D eigenvalue weighted by Gasteiger charge is -2.33. The number of benzene rings is 1. The number of aliphatic hydroxyl groups excluding tert-OH is 1. The predicted molar refractivity (Wildman–Crippen MR) is 118 cm³/mol. The molecule has 0 saturated carbocycles. The third-order valence-electron chi connectivity index (χ3n) is 6.30. The van der Waals surface area contributed by atoms with Gasteiger partial charge >= 0.3 is 0 Å². The number of hydrogen-bond donors (Lipinski definition) is 1. The SMILES string of the molecule is COCCC(=O)N1CCC(Oc2ccc(C(=O)N3CCC[C@H](CCCO)C3)cc2)CC1. The van der Waals surface area contributed by atoms with E-state index < -0.39 is 0 Å². The van der Waals surface area contributed by atoms with Crippen molar-refractivity contribution in [3.63, 3.8) is 0 Å². The smallest absolute Gasteiger partial charge is 0.253 e. The number of carbonyl (C=O) groups excluding carboxylic acids is 2. The number of hydrogen-bond acceptors (Lipinski definition) is 5. The largest absolute Gasteiger partial charge is 0.490 e. The molecule has 0 spiro atoms. The van der Waals surface area contributed by atoms with Crippen LogP contribution < -0.4 is 4.74 Å². The highest BCUT2D eigenvalue weighted by atomic mass is 16.5. The van der Waals surface area contributed by atoms with Crippen LogP contribution in [0.3, 0.4) is 0 Å². The molecule has 1 atom stereocenters. The zero-order valence-electron chi connectivity index (χ0n) is 18.6. The van der Waals surface area contributed by atoms with Crippen molar-refractivity contribution < 1.29 is 24.2 Å². The van der Waals surface area contributed by atoms with Crippen LogP contribution in [0.1, 0.15) is 55.3 Å². The summed E-state index contributed by atoms with van der Waals surface area (Å²) in [6, 6.07) is 7.43. The van der Waals surface area contributed by atoms with E-state index in [9.17, 15) is 9.59 Å². The molecule has 1 aromatic rings. The third kappa shape index (κ3) is 6.94. The average molecular weight is 433 g/mol. The van der Waals surface area contributed by atoms with Crippen molar-refractivity contribution in [2.45, 2.75) is 51.0 Å². The molecule has 0 aliphatic carbocycles. The van der Waals surface area contributed by atoms with E-state index in [1.165, 1.54) is 0 Å². The molecule has 2 aliphatic rings. The minimum Gasteiger partial charge on any atom is -0.490 e. The molecule has 0 aromatic heterocycles. The number of amides is 2. The highest BCUT2D eigenvalue weighted by Gasteiger charge is 2.25. The first kappa shape index (κ1) is 23.5. The van der Waals surface area contributed by atoms with Crippen LogP contribution in [0.2, 0.25) is 0 Å². The summed E-state index contributed by atoms with van der Waals surface area (Å²) in [6.07, 6.45) is 6.07. The number of nitrogens with zero attached hydrogens (tertiary/aromatic N) is 2. The van der Waals surface area contributed by atoms with Crippen molar-refractivity contribution in [3.05, 3.63) is 29.8 Å². The van der Waals surface area contributed by atoms with Gasteiger partial charge in [-0.1, -0.05) is 0 Å². The first-order valence-corrected chi connectivity index (χ1v) is 11.5. The summed E-state index contributed by atoms with van der Waals surface area (Å²) < 4.78 is 11.1. The van der Waals surface area contributed by atoms with Crippen molar-refractivity contribution >= 4 is 11.8 Å². The number of methoxy groups -OCH3 is 1. The second-order valence-electron chi connectivity index (χ2n) is 8.59. The summed E-state index contributed by atoms with van der Waals surface area (Å²) in [5.74, 6) is 1.46. The van der Waals surface area contributed by atoms with Crippen LogP contribution in [0.15, 0.2) is 24.3 Å². The van der Waals surface area contributed by atoms with Crippen LogP contribution in [0.25, 0.3) is 0 Å². The van der Waals surface area contributed by atoms with Gasteiger partial charge in [-0.05, 0) is 55.9 Å². The lowest BCUT2D eigenvalue weighted by Crippen LogP contribution is -2.42. The summed E-state index contributed by atoms with van der Waals surface area (Å²) in [7, 11) is 1.61. The van der Waals surface area contributed by atoms with Gasteiger partial charge in [0.15, 0.2) is 0 Å². The molecule has 0 radical (unpaired) electrons. The van der Waals surface area contributed by atoms with E-state index in [2.05, 4.69) is 0 Å². The zero-order valence-corrected chi connectivity index (χ0v) is 18.6. The molecule has 2 saturated heterocycles. The summed E-state index contributed by atoms with van der Waals surface area (Å²) in [6.45, 7) is 3.66. The monoisotopic (exact) mass is 432 g/mol. The van der Waals surface area contributed by atoms with Crippen molar-refractivity contribution in [3.8, 4) is 5.75 Å². The van der Waals surface area contributed by atoms with Crippen LogP contribution >= 0.6 is 0 Å². The second kappa shape index (κ2) is 12.1. The Morgan fingerprint density at radius 2 is 1.81 bits per heavy atom. The molecular weight excluding hydrogens is 396 g/mol. The number of likely N-dealkylation sites (tertiary alicyclic amines) is 2. The van der Waals surface area contributed by atoms with Crippen LogP contribution in [0.4, 0.5) is 0 Å². The van der Waals surface area contributed by atoms with Gasteiger partial charge in [0.25, 0.3) is 5.91 Å². The molecule has 2 fully saturated rings. The maximum Gasteiger partial charge on any atom is 0.253 e. The van der Waals surface area contributed by atoms with Crippen LogP contribution in [-0.2, 0) is 9.53 Å². The van der Waals surface area contributed by atoms with E-state index >= 15 is 0 Å². The summed E-state index contributed by atoms with van der Waals surface area (Å²) in [4.78, 5) is 28.8. The van der Waals surface area contributed by atoms with Gasteiger partial charge in [0, 0.05) is 58.3 Å². The molecule has 2 heterocycles. The Balaban J connectivity index is 1.46. The molecule has 31 heavy (non-hydrogen) atoms. The molecule has 0 unspecified atom stereocenters. The van der Waals surface area contributed by atoms with Crippen molar-refractivity contribution in [1.82, 2.24) is 9.80 Å². The maximum absolute atomic E-state index is 12.9. The third-order valence-corrected chi connectivity index (χ3v) is 6.30. The Labute approximate surface area is 185 Å². The highest BCUT2D eigenvalue weighted by Crippen LogP contribution is 2.24. The zero-order chi connectivity index (χ0) is 22.1. The van der Waals surface area contributed by atoms with Gasteiger partial charge < -0.3 is 24.4 Å². The lowest BCUT2D eigenvalue weighted by atomic mass is 9.93. The first-order chi connectivity index (χ1) is 15.1. The molecule has 7 nitrogen and oxygen atoms in total. The van der Waals surface area contributed by atoms with E-state index in [0.29, 0.717) is 37.6 Å². The van der Waals surface area contributed by atoms with Gasteiger partial charge in [0.1, 0.15) is 11.9 Å². The van der Waals surface area contributed by atoms with Gasteiger partial charge in [-0.25, -0.2) is 0 Å². The first-order valence-electron chi connectivity index (χ1n) is 11.5. The van der Waals surface area contributed by atoms with Gasteiger partial charge in [-0.15, -0.1) is 0 Å². The molecule has 0 bridgehead atoms.